The van der Waals surface area contributed by atoms with Gasteiger partial charge in [-0.2, -0.15) is 0 Å². The first kappa shape index (κ1) is 13.7. The minimum absolute atomic E-state index is 1.14. The summed E-state index contributed by atoms with van der Waals surface area (Å²) >= 11 is 3.57. The molecule has 0 radical (unpaired) electrons. The van der Waals surface area contributed by atoms with Crippen molar-refractivity contribution in [1.82, 2.24) is 4.98 Å². The summed E-state index contributed by atoms with van der Waals surface area (Å²) in [4.78, 5) is 3.59. The third kappa shape index (κ3) is 2.62. The molecule has 2 heteroatoms. The molecule has 3 aromatic rings. The molecule has 104 valence electrons. The summed E-state index contributed by atoms with van der Waals surface area (Å²) in [6, 6.07) is 13.1. The molecule has 0 spiro atoms. The van der Waals surface area contributed by atoms with Crippen LogP contribution in [0.2, 0.25) is 0 Å². The Morgan fingerprint density at radius 2 is 1.90 bits per heavy atom. The van der Waals surface area contributed by atoms with Gasteiger partial charge in [0.2, 0.25) is 0 Å². The van der Waals surface area contributed by atoms with Crippen LogP contribution < -0.4 is 0 Å². The number of para-hydroxylation sites is 1. The third-order valence-electron chi connectivity index (χ3n) is 3.98. The Kier molecular flexibility index (Phi) is 4.11. The molecular weight excluding hydrogens is 310 g/mol. The molecule has 20 heavy (non-hydrogen) atoms. The summed E-state index contributed by atoms with van der Waals surface area (Å²) in [7, 11) is 0. The molecule has 1 N–H and O–H groups in total. The molecule has 0 aliphatic heterocycles. The van der Waals surface area contributed by atoms with Crippen LogP contribution in [0.1, 0.15) is 38.2 Å². The van der Waals surface area contributed by atoms with Gasteiger partial charge in [0.25, 0.3) is 0 Å². The number of unbranched alkanes of at least 4 members (excludes halogenated alkanes) is 3. The van der Waals surface area contributed by atoms with Gasteiger partial charge in [-0.05, 0) is 36.6 Å². The van der Waals surface area contributed by atoms with E-state index in [2.05, 4.69) is 64.2 Å². The van der Waals surface area contributed by atoms with Crippen molar-refractivity contribution >= 4 is 37.7 Å². The monoisotopic (exact) mass is 329 g/mol. The standard InChI is InChI=1S/C18H20BrN/c1-2-3-4-5-7-13-8-6-9-15-16-12-14(19)10-11-17(16)20-18(13)15/h6,8-12,20H,2-5,7H2,1H3. The molecule has 1 nitrogen and oxygen atoms in total. The molecular formula is C18H20BrN. The zero-order valence-corrected chi connectivity index (χ0v) is 13.5. The summed E-state index contributed by atoms with van der Waals surface area (Å²) in [6.07, 6.45) is 6.43. The van der Waals surface area contributed by atoms with E-state index in [0.29, 0.717) is 0 Å². The van der Waals surface area contributed by atoms with Crippen molar-refractivity contribution < 1.29 is 0 Å². The molecule has 0 aliphatic rings. The van der Waals surface area contributed by atoms with E-state index in [-0.39, 0.29) is 0 Å². The minimum atomic E-state index is 1.14. The second-order valence-corrected chi connectivity index (χ2v) is 6.38. The van der Waals surface area contributed by atoms with Crippen molar-refractivity contribution in [3.63, 3.8) is 0 Å². The predicted octanol–water partition coefficient (Wildman–Crippen LogP) is 6.21. The predicted molar refractivity (Wildman–Crippen MR) is 91.4 cm³/mol. The number of rotatable bonds is 5. The van der Waals surface area contributed by atoms with E-state index in [0.717, 1.165) is 4.47 Å². The van der Waals surface area contributed by atoms with Crippen LogP contribution in [0.3, 0.4) is 0 Å². The van der Waals surface area contributed by atoms with Crippen LogP contribution in [0.15, 0.2) is 40.9 Å². The summed E-state index contributed by atoms with van der Waals surface area (Å²) in [5.74, 6) is 0. The number of H-pyrrole nitrogens is 1. The van der Waals surface area contributed by atoms with Gasteiger partial charge in [0.1, 0.15) is 0 Å². The van der Waals surface area contributed by atoms with Gasteiger partial charge in [-0.1, -0.05) is 60.3 Å². The number of aromatic nitrogens is 1. The van der Waals surface area contributed by atoms with Crippen LogP contribution in [-0.2, 0) is 6.42 Å². The SMILES string of the molecule is CCCCCCc1cccc2c1[nH]c1ccc(Br)cc12. The smallest absolute Gasteiger partial charge is 0.0497 e. The van der Waals surface area contributed by atoms with Crippen LogP contribution in [0.25, 0.3) is 21.8 Å². The van der Waals surface area contributed by atoms with E-state index in [1.165, 1.54) is 59.5 Å². The Labute approximate surface area is 128 Å². The fourth-order valence-corrected chi connectivity index (χ4v) is 3.27. The molecule has 1 aromatic heterocycles. The van der Waals surface area contributed by atoms with Gasteiger partial charge in [0.15, 0.2) is 0 Å². The van der Waals surface area contributed by atoms with E-state index >= 15 is 0 Å². The lowest BCUT2D eigenvalue weighted by molar-refractivity contribution is 0.668. The molecule has 3 rings (SSSR count). The van der Waals surface area contributed by atoms with Crippen molar-refractivity contribution in [3.05, 3.63) is 46.4 Å². The molecule has 0 bridgehead atoms. The summed E-state index contributed by atoms with van der Waals surface area (Å²) in [5, 5.41) is 2.65. The average molecular weight is 330 g/mol. The zero-order valence-electron chi connectivity index (χ0n) is 11.9. The number of aryl methyl sites for hydroxylation is 1. The molecule has 0 fully saturated rings. The van der Waals surface area contributed by atoms with Crippen LogP contribution >= 0.6 is 15.9 Å². The number of fused-ring (bicyclic) bond motifs is 3. The lowest BCUT2D eigenvalue weighted by Gasteiger charge is -2.03. The van der Waals surface area contributed by atoms with Crippen molar-refractivity contribution in [2.45, 2.75) is 39.0 Å². The number of aromatic amines is 1. The number of hydrogen-bond acceptors (Lipinski definition) is 0. The summed E-state index contributed by atoms with van der Waals surface area (Å²) in [6.45, 7) is 2.26. The van der Waals surface area contributed by atoms with Crippen LogP contribution in [-0.4, -0.2) is 4.98 Å². The fraction of sp³-hybridized carbons (Fsp3) is 0.333. The second-order valence-electron chi connectivity index (χ2n) is 5.47. The lowest BCUT2D eigenvalue weighted by atomic mass is 10.0. The van der Waals surface area contributed by atoms with Crippen LogP contribution in [0, 0.1) is 0 Å². The van der Waals surface area contributed by atoms with Crippen molar-refractivity contribution in [2.24, 2.45) is 0 Å². The van der Waals surface area contributed by atoms with Gasteiger partial charge >= 0.3 is 0 Å². The highest BCUT2D eigenvalue weighted by Gasteiger charge is 2.08. The maximum atomic E-state index is 3.59. The maximum Gasteiger partial charge on any atom is 0.0497 e. The van der Waals surface area contributed by atoms with Crippen molar-refractivity contribution in [1.29, 1.82) is 0 Å². The molecule has 0 unspecified atom stereocenters. The zero-order chi connectivity index (χ0) is 13.9. The average Bonchev–Trinajstić information content (AvgIpc) is 2.82. The molecule has 2 aromatic carbocycles. The minimum Gasteiger partial charge on any atom is -0.354 e. The summed E-state index contributed by atoms with van der Waals surface area (Å²) < 4.78 is 1.14. The Hall–Kier alpha value is -1.28. The van der Waals surface area contributed by atoms with E-state index in [1.54, 1.807) is 0 Å². The van der Waals surface area contributed by atoms with Gasteiger partial charge in [0, 0.05) is 26.3 Å². The molecule has 1 heterocycles. The fourth-order valence-electron chi connectivity index (χ4n) is 2.91. The van der Waals surface area contributed by atoms with Crippen molar-refractivity contribution in [3.8, 4) is 0 Å². The second kappa shape index (κ2) is 6.01. The van der Waals surface area contributed by atoms with E-state index < -0.39 is 0 Å². The van der Waals surface area contributed by atoms with E-state index in [1.807, 2.05) is 0 Å². The molecule has 0 saturated carbocycles. The molecule has 0 atom stereocenters. The Morgan fingerprint density at radius 3 is 2.75 bits per heavy atom. The third-order valence-corrected chi connectivity index (χ3v) is 4.48. The number of benzene rings is 2. The first-order valence-electron chi connectivity index (χ1n) is 7.48. The number of halogens is 1. The number of hydrogen-bond donors (Lipinski definition) is 1. The van der Waals surface area contributed by atoms with Crippen LogP contribution in [0.5, 0.6) is 0 Å². The summed E-state index contributed by atoms with van der Waals surface area (Å²) in [5.41, 5.74) is 3.99. The first-order chi connectivity index (χ1) is 9.79. The first-order valence-corrected chi connectivity index (χ1v) is 8.27. The normalized spacial score (nSPS) is 11.5. The molecule has 0 amide bonds. The Bertz CT molecular complexity index is 727. The Morgan fingerprint density at radius 1 is 1.00 bits per heavy atom. The Balaban J connectivity index is 1.99. The highest BCUT2D eigenvalue weighted by molar-refractivity contribution is 9.10. The van der Waals surface area contributed by atoms with Gasteiger partial charge < -0.3 is 4.98 Å². The highest BCUT2D eigenvalue weighted by Crippen LogP contribution is 2.30. The molecule has 0 aliphatic carbocycles. The van der Waals surface area contributed by atoms with Crippen LogP contribution in [0.4, 0.5) is 0 Å². The quantitative estimate of drug-likeness (QED) is 0.536. The topological polar surface area (TPSA) is 15.8 Å². The number of nitrogens with one attached hydrogen (secondary N) is 1. The van der Waals surface area contributed by atoms with E-state index in [4.69, 9.17) is 0 Å². The highest BCUT2D eigenvalue weighted by atomic mass is 79.9. The van der Waals surface area contributed by atoms with E-state index in [9.17, 15) is 0 Å². The van der Waals surface area contributed by atoms with Gasteiger partial charge in [-0.3, -0.25) is 0 Å². The van der Waals surface area contributed by atoms with Gasteiger partial charge in [-0.25, -0.2) is 0 Å². The maximum absolute atomic E-state index is 3.59. The van der Waals surface area contributed by atoms with Gasteiger partial charge in [-0.15, -0.1) is 0 Å². The largest absolute Gasteiger partial charge is 0.354 e. The van der Waals surface area contributed by atoms with Crippen molar-refractivity contribution in [2.75, 3.05) is 0 Å². The molecule has 0 saturated heterocycles. The lowest BCUT2D eigenvalue weighted by Crippen LogP contribution is -1.87. The van der Waals surface area contributed by atoms with Gasteiger partial charge in [0.05, 0.1) is 0 Å².